The third-order valence-corrected chi connectivity index (χ3v) is 8.36. The molecule has 0 bridgehead atoms. The van der Waals surface area contributed by atoms with Crippen LogP contribution in [0.5, 0.6) is 0 Å². The second-order valence-corrected chi connectivity index (χ2v) is 9.37. The van der Waals surface area contributed by atoms with E-state index in [0.717, 1.165) is 30.6 Å². The highest BCUT2D eigenvalue weighted by atomic mass is 16.2. The monoisotopic (exact) mass is 304 g/mol. The number of amides is 1. The van der Waals surface area contributed by atoms with Crippen molar-refractivity contribution in [3.05, 3.63) is 0 Å². The molecule has 2 N–H and O–H groups in total. The van der Waals surface area contributed by atoms with E-state index < -0.39 is 0 Å². The van der Waals surface area contributed by atoms with Crippen LogP contribution in [0, 0.1) is 28.6 Å². The van der Waals surface area contributed by atoms with E-state index in [4.69, 9.17) is 5.73 Å². The number of rotatable bonds is 0. The molecule has 3 heteroatoms. The average molecular weight is 304 g/mol. The molecule has 1 saturated heterocycles. The Kier molecular flexibility index (Phi) is 3.21. The number of piperidine rings is 1. The van der Waals surface area contributed by atoms with Crippen molar-refractivity contribution in [3.8, 4) is 0 Å². The number of carbonyl (C=O) groups excluding carboxylic acids is 1. The minimum Gasteiger partial charge on any atom is -0.342 e. The SMILES string of the molecule is CN1C(=O)CC[C@]2(C)C3CC[C@]4(C)C[C@@H](N)CC4C3CCC12. The first-order valence-corrected chi connectivity index (χ1v) is 9.36. The first kappa shape index (κ1) is 15.0. The molecule has 0 aromatic rings. The maximum absolute atomic E-state index is 12.1. The lowest BCUT2D eigenvalue weighted by atomic mass is 9.47. The zero-order valence-electron chi connectivity index (χ0n) is 14.5. The molecule has 3 aliphatic carbocycles. The van der Waals surface area contributed by atoms with Gasteiger partial charge in [-0.2, -0.15) is 0 Å². The first-order chi connectivity index (χ1) is 10.3. The van der Waals surface area contributed by atoms with Crippen LogP contribution in [-0.4, -0.2) is 29.9 Å². The van der Waals surface area contributed by atoms with Crippen LogP contribution < -0.4 is 5.73 Å². The largest absolute Gasteiger partial charge is 0.342 e. The van der Waals surface area contributed by atoms with E-state index in [-0.39, 0.29) is 0 Å². The van der Waals surface area contributed by atoms with Gasteiger partial charge in [0, 0.05) is 25.6 Å². The highest BCUT2D eigenvalue weighted by Crippen LogP contribution is 2.64. The zero-order chi connectivity index (χ0) is 15.7. The average Bonchev–Trinajstić information content (AvgIpc) is 2.78. The molecule has 4 fully saturated rings. The summed E-state index contributed by atoms with van der Waals surface area (Å²) in [7, 11) is 2.04. The predicted molar refractivity (Wildman–Crippen MR) is 88.2 cm³/mol. The second kappa shape index (κ2) is 4.72. The second-order valence-electron chi connectivity index (χ2n) is 9.37. The number of nitrogens with zero attached hydrogens (tertiary/aromatic N) is 1. The van der Waals surface area contributed by atoms with Gasteiger partial charge in [-0.05, 0) is 73.5 Å². The zero-order valence-corrected chi connectivity index (χ0v) is 14.5. The molecule has 1 heterocycles. The van der Waals surface area contributed by atoms with Crippen molar-refractivity contribution < 1.29 is 4.79 Å². The fourth-order valence-corrected chi connectivity index (χ4v) is 7.27. The van der Waals surface area contributed by atoms with Crippen molar-refractivity contribution >= 4 is 5.91 Å². The Bertz CT molecular complexity index is 492. The summed E-state index contributed by atoms with van der Waals surface area (Å²) in [6.07, 6.45) is 9.58. The molecular formula is C19H32N2O. The number of fused-ring (bicyclic) bond motifs is 5. The fraction of sp³-hybridized carbons (Fsp3) is 0.947. The van der Waals surface area contributed by atoms with Crippen LogP contribution in [0.25, 0.3) is 0 Å². The Hall–Kier alpha value is -0.570. The number of hydrogen-bond acceptors (Lipinski definition) is 2. The van der Waals surface area contributed by atoms with Gasteiger partial charge in [0.2, 0.25) is 5.91 Å². The van der Waals surface area contributed by atoms with Crippen LogP contribution in [0.4, 0.5) is 0 Å². The number of nitrogens with two attached hydrogens (primary N) is 1. The summed E-state index contributed by atoms with van der Waals surface area (Å²) in [4.78, 5) is 14.2. The molecule has 1 aliphatic heterocycles. The molecule has 4 rings (SSSR count). The lowest BCUT2D eigenvalue weighted by Crippen LogP contribution is -2.61. The van der Waals surface area contributed by atoms with Gasteiger partial charge in [0.1, 0.15) is 0 Å². The van der Waals surface area contributed by atoms with Crippen molar-refractivity contribution in [3.63, 3.8) is 0 Å². The summed E-state index contributed by atoms with van der Waals surface area (Å²) in [6.45, 7) is 5.00. The van der Waals surface area contributed by atoms with E-state index in [0.29, 0.717) is 28.8 Å². The Balaban J connectivity index is 1.65. The van der Waals surface area contributed by atoms with E-state index >= 15 is 0 Å². The number of likely N-dealkylation sites (tertiary alicyclic amines) is 1. The lowest BCUT2D eigenvalue weighted by Gasteiger charge is -2.61. The molecule has 7 atom stereocenters. The summed E-state index contributed by atoms with van der Waals surface area (Å²) in [6, 6.07) is 0.907. The molecule has 0 spiro atoms. The molecule has 4 unspecified atom stereocenters. The Morgan fingerprint density at radius 3 is 2.68 bits per heavy atom. The first-order valence-electron chi connectivity index (χ1n) is 9.36. The molecule has 4 aliphatic rings. The van der Waals surface area contributed by atoms with Crippen molar-refractivity contribution in [2.75, 3.05) is 7.05 Å². The van der Waals surface area contributed by atoms with Crippen LogP contribution in [-0.2, 0) is 4.79 Å². The molecule has 0 radical (unpaired) electrons. The van der Waals surface area contributed by atoms with Gasteiger partial charge in [-0.25, -0.2) is 0 Å². The lowest BCUT2D eigenvalue weighted by molar-refractivity contribution is -0.156. The Morgan fingerprint density at radius 2 is 1.91 bits per heavy atom. The topological polar surface area (TPSA) is 46.3 Å². The van der Waals surface area contributed by atoms with E-state index in [9.17, 15) is 4.79 Å². The van der Waals surface area contributed by atoms with Crippen LogP contribution in [0.2, 0.25) is 0 Å². The van der Waals surface area contributed by atoms with Gasteiger partial charge < -0.3 is 10.6 Å². The highest BCUT2D eigenvalue weighted by Gasteiger charge is 2.59. The van der Waals surface area contributed by atoms with Gasteiger partial charge in [0.25, 0.3) is 0 Å². The number of hydrogen-bond donors (Lipinski definition) is 1. The molecular weight excluding hydrogens is 272 g/mol. The summed E-state index contributed by atoms with van der Waals surface area (Å²) in [5.41, 5.74) is 7.20. The summed E-state index contributed by atoms with van der Waals surface area (Å²) >= 11 is 0. The van der Waals surface area contributed by atoms with Gasteiger partial charge >= 0.3 is 0 Å². The third-order valence-electron chi connectivity index (χ3n) is 8.36. The molecule has 1 amide bonds. The molecule has 124 valence electrons. The van der Waals surface area contributed by atoms with Crippen LogP contribution >= 0.6 is 0 Å². The third kappa shape index (κ3) is 1.87. The van der Waals surface area contributed by atoms with Gasteiger partial charge in [-0.3, -0.25) is 4.79 Å². The minimum absolute atomic E-state index is 0.347. The van der Waals surface area contributed by atoms with E-state index in [2.05, 4.69) is 18.7 Å². The molecule has 3 saturated carbocycles. The van der Waals surface area contributed by atoms with E-state index in [1.165, 1.54) is 38.5 Å². The normalized spacial score (nSPS) is 54.6. The smallest absolute Gasteiger partial charge is 0.222 e. The van der Waals surface area contributed by atoms with Gasteiger partial charge in [0.15, 0.2) is 0 Å². The van der Waals surface area contributed by atoms with Gasteiger partial charge in [0.05, 0.1) is 0 Å². The fourth-order valence-electron chi connectivity index (χ4n) is 7.27. The van der Waals surface area contributed by atoms with E-state index in [1.54, 1.807) is 0 Å². The van der Waals surface area contributed by atoms with E-state index in [1.807, 2.05) is 7.05 Å². The number of carbonyl (C=O) groups is 1. The molecule has 3 nitrogen and oxygen atoms in total. The van der Waals surface area contributed by atoms with Crippen molar-refractivity contribution in [2.24, 2.45) is 34.3 Å². The summed E-state index contributed by atoms with van der Waals surface area (Å²) < 4.78 is 0. The van der Waals surface area contributed by atoms with Crippen molar-refractivity contribution in [1.82, 2.24) is 4.90 Å². The van der Waals surface area contributed by atoms with Gasteiger partial charge in [-0.15, -0.1) is 0 Å². The summed E-state index contributed by atoms with van der Waals surface area (Å²) in [5.74, 6) is 2.87. The molecule has 22 heavy (non-hydrogen) atoms. The van der Waals surface area contributed by atoms with Gasteiger partial charge in [-0.1, -0.05) is 13.8 Å². The maximum atomic E-state index is 12.1. The maximum Gasteiger partial charge on any atom is 0.222 e. The minimum atomic E-state index is 0.347. The quantitative estimate of drug-likeness (QED) is 0.747. The van der Waals surface area contributed by atoms with Crippen LogP contribution in [0.3, 0.4) is 0 Å². The predicted octanol–water partition coefficient (Wildman–Crippen LogP) is 3.18. The highest BCUT2D eigenvalue weighted by molar-refractivity contribution is 5.77. The Morgan fingerprint density at radius 1 is 1.14 bits per heavy atom. The van der Waals surface area contributed by atoms with Crippen molar-refractivity contribution in [2.45, 2.75) is 77.3 Å². The Labute approximate surface area is 135 Å². The molecule has 0 aromatic carbocycles. The standard InChI is InChI=1S/C19H32N2O/c1-18-8-6-14-13(15(18)10-12(20)11-18)4-5-16-19(14,2)9-7-17(22)21(16)3/h12-16H,4-11,20H2,1-3H3/t12-,13?,14?,15?,16?,18+,19+/m0/s1. The van der Waals surface area contributed by atoms with Crippen molar-refractivity contribution in [1.29, 1.82) is 0 Å². The summed E-state index contributed by atoms with van der Waals surface area (Å²) in [5, 5.41) is 0. The van der Waals surface area contributed by atoms with Crippen LogP contribution in [0.1, 0.15) is 65.2 Å². The van der Waals surface area contributed by atoms with Crippen LogP contribution in [0.15, 0.2) is 0 Å². The molecule has 0 aromatic heterocycles.